The van der Waals surface area contributed by atoms with E-state index in [-0.39, 0.29) is 10.7 Å². The number of hydrogen-bond acceptors (Lipinski definition) is 4. The number of sulfonamides is 1. The number of nitrogens with two attached hydrogens (primary N) is 1. The molecule has 1 aromatic heterocycles. The number of ketones is 1. The number of aryl methyl sites for hydroxylation is 1. The lowest BCUT2D eigenvalue weighted by Crippen LogP contribution is -2.12. The zero-order valence-corrected chi connectivity index (χ0v) is 16.7. The quantitative estimate of drug-likeness (QED) is 0.527. The van der Waals surface area contributed by atoms with E-state index in [0.717, 1.165) is 28.3 Å². The van der Waals surface area contributed by atoms with Crippen LogP contribution in [0.15, 0.2) is 64.5 Å². The smallest absolute Gasteiger partial charge is 0.238 e. The standard InChI is InChI=1S/C21H21N3O3S/c1-14-12-18(13-23-19-6-4-17(5-7-19)16(3)25)15(2)24(14)20-8-10-21(11-9-20)28(22,26)27/h4-13H,1-3H3,(H2,22,26,27). The van der Waals surface area contributed by atoms with Gasteiger partial charge in [0.25, 0.3) is 0 Å². The van der Waals surface area contributed by atoms with E-state index in [1.54, 1.807) is 42.6 Å². The first-order chi connectivity index (χ1) is 13.2. The van der Waals surface area contributed by atoms with Crippen LogP contribution >= 0.6 is 0 Å². The van der Waals surface area contributed by atoms with E-state index in [1.807, 2.05) is 24.5 Å². The zero-order chi connectivity index (χ0) is 20.5. The Labute approximate surface area is 164 Å². The molecule has 144 valence electrons. The maximum atomic E-state index is 11.4. The number of aliphatic imine (C=N–C) groups is 1. The Balaban J connectivity index is 1.90. The molecular weight excluding hydrogens is 374 g/mol. The van der Waals surface area contributed by atoms with E-state index >= 15 is 0 Å². The molecule has 0 aliphatic rings. The summed E-state index contributed by atoms with van der Waals surface area (Å²) in [5.41, 5.74) is 5.17. The van der Waals surface area contributed by atoms with E-state index in [0.29, 0.717) is 5.56 Å². The fourth-order valence-electron chi connectivity index (χ4n) is 3.03. The Hall–Kier alpha value is -3.03. The predicted octanol–water partition coefficient (Wildman–Crippen LogP) is 3.69. The van der Waals surface area contributed by atoms with Crippen LogP contribution in [0.1, 0.15) is 34.2 Å². The van der Waals surface area contributed by atoms with Gasteiger partial charge in [0.15, 0.2) is 5.78 Å². The topological polar surface area (TPSA) is 94.5 Å². The van der Waals surface area contributed by atoms with Crippen molar-refractivity contribution in [1.82, 2.24) is 4.57 Å². The summed E-state index contributed by atoms with van der Waals surface area (Å²) in [4.78, 5) is 15.9. The van der Waals surface area contributed by atoms with Crippen molar-refractivity contribution in [2.24, 2.45) is 10.1 Å². The molecule has 0 bridgehead atoms. The molecule has 0 amide bonds. The number of rotatable bonds is 5. The Bertz CT molecular complexity index is 1160. The summed E-state index contributed by atoms with van der Waals surface area (Å²) < 4.78 is 24.9. The second kappa shape index (κ2) is 7.53. The van der Waals surface area contributed by atoms with Gasteiger partial charge in [-0.15, -0.1) is 0 Å². The van der Waals surface area contributed by atoms with E-state index in [4.69, 9.17) is 5.14 Å². The van der Waals surface area contributed by atoms with Gasteiger partial charge in [-0.1, -0.05) is 0 Å². The highest BCUT2D eigenvalue weighted by molar-refractivity contribution is 7.89. The van der Waals surface area contributed by atoms with E-state index < -0.39 is 10.0 Å². The van der Waals surface area contributed by atoms with Crippen LogP contribution in [0.3, 0.4) is 0 Å². The van der Waals surface area contributed by atoms with Crippen molar-refractivity contribution in [3.8, 4) is 5.69 Å². The molecule has 0 atom stereocenters. The van der Waals surface area contributed by atoms with Crippen LogP contribution < -0.4 is 5.14 Å². The molecule has 3 rings (SSSR count). The fraction of sp³-hybridized carbons (Fsp3) is 0.143. The molecule has 3 aromatic rings. The van der Waals surface area contributed by atoms with Crippen LogP contribution in [-0.2, 0) is 10.0 Å². The first-order valence-corrected chi connectivity index (χ1v) is 10.2. The average molecular weight is 395 g/mol. The minimum absolute atomic E-state index is 0.0209. The summed E-state index contributed by atoms with van der Waals surface area (Å²) in [6, 6.07) is 15.6. The SMILES string of the molecule is CC(=O)c1ccc(N=Cc2cc(C)n(-c3ccc(S(N)(=O)=O)cc3)c2C)cc1. The van der Waals surface area contributed by atoms with Crippen molar-refractivity contribution in [3.63, 3.8) is 0 Å². The Morgan fingerprint density at radius 1 is 1.04 bits per heavy atom. The molecule has 0 saturated carbocycles. The van der Waals surface area contributed by atoms with Crippen molar-refractivity contribution >= 4 is 27.7 Å². The van der Waals surface area contributed by atoms with Crippen molar-refractivity contribution in [2.45, 2.75) is 25.7 Å². The molecule has 1 heterocycles. The van der Waals surface area contributed by atoms with Gasteiger partial charge >= 0.3 is 0 Å². The lowest BCUT2D eigenvalue weighted by Gasteiger charge is -2.10. The van der Waals surface area contributed by atoms with Crippen LogP contribution in [0, 0.1) is 13.8 Å². The van der Waals surface area contributed by atoms with Gasteiger partial charge in [0.2, 0.25) is 10.0 Å². The maximum Gasteiger partial charge on any atom is 0.238 e. The average Bonchev–Trinajstić information content (AvgIpc) is 2.93. The van der Waals surface area contributed by atoms with Gasteiger partial charge in [0.05, 0.1) is 10.6 Å². The Morgan fingerprint density at radius 3 is 2.18 bits per heavy atom. The molecule has 0 aliphatic heterocycles. The van der Waals surface area contributed by atoms with Crippen LogP contribution in [0.4, 0.5) is 5.69 Å². The number of Topliss-reactive ketones (excluding diaryl/α,β-unsaturated/α-hetero) is 1. The lowest BCUT2D eigenvalue weighted by molar-refractivity contribution is 0.101. The van der Waals surface area contributed by atoms with Crippen molar-refractivity contribution in [2.75, 3.05) is 0 Å². The molecule has 2 N–H and O–H groups in total. The lowest BCUT2D eigenvalue weighted by atomic mass is 10.1. The Morgan fingerprint density at radius 2 is 1.64 bits per heavy atom. The second-order valence-corrected chi connectivity index (χ2v) is 8.12. The molecule has 28 heavy (non-hydrogen) atoms. The van der Waals surface area contributed by atoms with Crippen LogP contribution in [0.25, 0.3) is 5.69 Å². The maximum absolute atomic E-state index is 11.4. The molecule has 0 aliphatic carbocycles. The largest absolute Gasteiger partial charge is 0.318 e. The Kier molecular flexibility index (Phi) is 5.31. The summed E-state index contributed by atoms with van der Waals surface area (Å²) in [7, 11) is -3.72. The molecule has 7 heteroatoms. The molecule has 0 radical (unpaired) electrons. The number of carbonyl (C=O) groups is 1. The van der Waals surface area contributed by atoms with Gasteiger partial charge in [-0.2, -0.15) is 0 Å². The highest BCUT2D eigenvalue weighted by atomic mass is 32.2. The van der Waals surface area contributed by atoms with Gasteiger partial charge < -0.3 is 4.57 Å². The second-order valence-electron chi connectivity index (χ2n) is 6.56. The van der Waals surface area contributed by atoms with E-state index in [2.05, 4.69) is 4.99 Å². The van der Waals surface area contributed by atoms with Gasteiger partial charge in [0, 0.05) is 34.4 Å². The highest BCUT2D eigenvalue weighted by Gasteiger charge is 2.12. The van der Waals surface area contributed by atoms with Crippen LogP contribution in [0.5, 0.6) is 0 Å². The first-order valence-electron chi connectivity index (χ1n) is 8.64. The number of carbonyl (C=O) groups excluding carboxylic acids is 1. The third-order valence-electron chi connectivity index (χ3n) is 4.52. The summed E-state index contributed by atoms with van der Waals surface area (Å²) in [5, 5.41) is 5.16. The molecule has 6 nitrogen and oxygen atoms in total. The van der Waals surface area contributed by atoms with Crippen molar-refractivity contribution in [3.05, 3.63) is 77.1 Å². The minimum Gasteiger partial charge on any atom is -0.318 e. The van der Waals surface area contributed by atoms with Gasteiger partial charge in [-0.05, 0) is 75.4 Å². The van der Waals surface area contributed by atoms with Crippen LogP contribution in [0.2, 0.25) is 0 Å². The zero-order valence-electron chi connectivity index (χ0n) is 15.9. The molecule has 0 spiro atoms. The normalized spacial score (nSPS) is 11.9. The van der Waals surface area contributed by atoms with Crippen molar-refractivity contribution < 1.29 is 13.2 Å². The number of nitrogens with zero attached hydrogens (tertiary/aromatic N) is 2. The monoisotopic (exact) mass is 395 g/mol. The van der Waals surface area contributed by atoms with E-state index in [1.165, 1.54) is 19.1 Å². The molecule has 0 fully saturated rings. The highest BCUT2D eigenvalue weighted by Crippen LogP contribution is 2.22. The minimum atomic E-state index is -3.72. The van der Waals surface area contributed by atoms with E-state index in [9.17, 15) is 13.2 Å². The molecule has 0 unspecified atom stereocenters. The number of hydrogen-bond donors (Lipinski definition) is 1. The number of benzene rings is 2. The fourth-order valence-corrected chi connectivity index (χ4v) is 3.54. The van der Waals surface area contributed by atoms with Crippen LogP contribution in [-0.4, -0.2) is 25.0 Å². The number of aromatic nitrogens is 1. The molecular formula is C21H21N3O3S. The van der Waals surface area contributed by atoms with Gasteiger partial charge in [-0.3, -0.25) is 9.79 Å². The summed E-state index contributed by atoms with van der Waals surface area (Å²) in [6.45, 7) is 5.48. The third kappa shape index (κ3) is 4.11. The predicted molar refractivity (Wildman–Crippen MR) is 110 cm³/mol. The van der Waals surface area contributed by atoms with Gasteiger partial charge in [-0.25, -0.2) is 13.6 Å². The molecule has 2 aromatic carbocycles. The number of primary sulfonamides is 1. The summed E-state index contributed by atoms with van der Waals surface area (Å²) in [6.07, 6.45) is 1.78. The first kappa shape index (κ1) is 19.7. The van der Waals surface area contributed by atoms with Crippen molar-refractivity contribution in [1.29, 1.82) is 0 Å². The summed E-state index contributed by atoms with van der Waals surface area (Å²) >= 11 is 0. The van der Waals surface area contributed by atoms with Gasteiger partial charge in [0.1, 0.15) is 0 Å². The summed E-state index contributed by atoms with van der Waals surface area (Å²) in [5.74, 6) is 0.0209. The molecule has 0 saturated heterocycles. The third-order valence-corrected chi connectivity index (χ3v) is 5.45.